The van der Waals surface area contributed by atoms with E-state index in [4.69, 9.17) is 10.3 Å². The molecule has 1 aromatic carbocycles. The fourth-order valence-corrected chi connectivity index (χ4v) is 5.46. The van der Waals surface area contributed by atoms with Crippen LogP contribution < -0.4 is 10.8 Å². The van der Waals surface area contributed by atoms with Crippen LogP contribution in [0.1, 0.15) is 90.9 Å². The Morgan fingerprint density at radius 2 is 1.56 bits per heavy atom. The summed E-state index contributed by atoms with van der Waals surface area (Å²) in [7, 11) is 0. The zero-order chi connectivity index (χ0) is 22.7. The van der Waals surface area contributed by atoms with Crippen LogP contribution in [0.4, 0.5) is 5.69 Å². The molecule has 3 atom stereocenters. The Bertz CT molecular complexity index is 759. The number of para-hydroxylation sites is 1. The topological polar surface area (TPSA) is 59.2 Å². The number of allylic oxidation sites excluding steroid dienone is 1. The lowest BCUT2D eigenvalue weighted by atomic mass is 9.58. The molecular formula is C28H44N3O+. The predicted molar refractivity (Wildman–Crippen MR) is 133 cm³/mol. The van der Waals surface area contributed by atoms with Crippen LogP contribution in [0.15, 0.2) is 59.4 Å². The molecule has 3 rings (SSSR count). The van der Waals surface area contributed by atoms with Crippen molar-refractivity contribution in [1.82, 2.24) is 0 Å². The molecule has 1 aromatic rings. The first-order chi connectivity index (χ1) is 15.7. The predicted octanol–water partition coefficient (Wildman–Crippen LogP) is 6.61. The first kappa shape index (κ1) is 24.7. The van der Waals surface area contributed by atoms with Gasteiger partial charge in [0.2, 0.25) is 0 Å². The molecule has 176 valence electrons. The van der Waals surface area contributed by atoms with E-state index < -0.39 is 5.60 Å². The molecule has 1 spiro atoms. The van der Waals surface area contributed by atoms with Crippen molar-refractivity contribution in [2.45, 2.75) is 103 Å². The van der Waals surface area contributed by atoms with Gasteiger partial charge in [0.05, 0.1) is 6.61 Å². The zero-order valence-corrected chi connectivity index (χ0v) is 20.3. The van der Waals surface area contributed by atoms with Crippen LogP contribution in [0.5, 0.6) is 0 Å². The van der Waals surface area contributed by atoms with Crippen molar-refractivity contribution in [3.05, 3.63) is 54.3 Å². The Labute approximate surface area is 195 Å². The van der Waals surface area contributed by atoms with Crippen LogP contribution in [0.2, 0.25) is 0 Å². The molecule has 1 aliphatic carbocycles. The summed E-state index contributed by atoms with van der Waals surface area (Å²) in [5.41, 5.74) is 7.80. The number of unbranched alkanes of at least 4 members (excludes halogenated alkanes) is 8. The molecule has 0 bridgehead atoms. The van der Waals surface area contributed by atoms with Gasteiger partial charge in [-0.05, 0) is 48.3 Å². The van der Waals surface area contributed by atoms with Crippen molar-refractivity contribution in [3.63, 3.8) is 0 Å². The van der Waals surface area contributed by atoms with Gasteiger partial charge in [0.1, 0.15) is 5.60 Å². The van der Waals surface area contributed by atoms with Gasteiger partial charge in [-0.3, -0.25) is 0 Å². The maximum atomic E-state index is 6.46. The number of benzene rings is 1. The quantitative estimate of drug-likeness (QED) is 0.239. The summed E-state index contributed by atoms with van der Waals surface area (Å²) in [6.07, 6.45) is 22.0. The van der Waals surface area contributed by atoms with Crippen molar-refractivity contribution in [2.75, 3.05) is 11.9 Å². The molecule has 0 saturated carbocycles. The highest BCUT2D eigenvalue weighted by Crippen LogP contribution is 2.57. The summed E-state index contributed by atoms with van der Waals surface area (Å²) >= 11 is 0. The van der Waals surface area contributed by atoms with Gasteiger partial charge >= 0.3 is 0 Å². The van der Waals surface area contributed by atoms with Crippen molar-refractivity contribution >= 4 is 5.69 Å². The van der Waals surface area contributed by atoms with Gasteiger partial charge in [-0.1, -0.05) is 96.3 Å². The smallest absolute Gasteiger partial charge is 0.163 e. The van der Waals surface area contributed by atoms with Crippen LogP contribution in [-0.2, 0) is 4.74 Å². The summed E-state index contributed by atoms with van der Waals surface area (Å²) < 4.78 is 6.46. The molecule has 3 unspecified atom stereocenters. The number of hydrogen-bond acceptors (Lipinski definition) is 3. The second-order valence-corrected chi connectivity index (χ2v) is 9.73. The van der Waals surface area contributed by atoms with Crippen LogP contribution in [-0.4, -0.2) is 18.2 Å². The summed E-state index contributed by atoms with van der Waals surface area (Å²) in [5, 5.41) is 7.85. The van der Waals surface area contributed by atoms with Crippen molar-refractivity contribution in [2.24, 2.45) is 10.5 Å². The number of anilines is 1. The van der Waals surface area contributed by atoms with Gasteiger partial charge in [0.15, 0.2) is 6.04 Å². The molecule has 3 N–H and O–H groups in total. The van der Waals surface area contributed by atoms with Crippen molar-refractivity contribution in [3.8, 4) is 0 Å². The molecule has 1 aliphatic heterocycles. The van der Waals surface area contributed by atoms with Gasteiger partial charge in [-0.15, -0.1) is 0 Å². The Kier molecular flexibility index (Phi) is 9.52. The number of nitrogens with one attached hydrogen (secondary N) is 1. The number of nitrogens with two attached hydrogens (primary N) is 1. The minimum Gasteiger partial charge on any atom is -0.367 e. The second-order valence-electron chi connectivity index (χ2n) is 9.73. The lowest BCUT2D eigenvalue weighted by molar-refractivity contribution is -0.286. The molecule has 32 heavy (non-hydrogen) atoms. The van der Waals surface area contributed by atoms with Gasteiger partial charge in [0.25, 0.3) is 0 Å². The number of ether oxygens (including phenoxy) is 1. The molecule has 4 nitrogen and oxygen atoms in total. The minimum absolute atomic E-state index is 0.118. The zero-order valence-electron chi connectivity index (χ0n) is 20.3. The van der Waals surface area contributed by atoms with Gasteiger partial charge < -0.3 is 10.1 Å². The maximum Gasteiger partial charge on any atom is 0.163 e. The van der Waals surface area contributed by atoms with Crippen LogP contribution >= 0.6 is 0 Å². The average molecular weight is 439 g/mol. The molecule has 1 fully saturated rings. The summed E-state index contributed by atoms with van der Waals surface area (Å²) in [5.74, 6) is 0. The molecule has 1 saturated heterocycles. The number of hydrogen-bond donors (Lipinski definition) is 2. The highest BCUT2D eigenvalue weighted by Gasteiger charge is 2.63. The van der Waals surface area contributed by atoms with E-state index >= 15 is 0 Å². The normalized spacial score (nSPS) is 26.6. The molecule has 0 radical (unpaired) electrons. The van der Waals surface area contributed by atoms with Crippen LogP contribution in [0, 0.1) is 5.41 Å². The third-order valence-electron chi connectivity index (χ3n) is 7.42. The lowest BCUT2D eigenvalue weighted by Crippen LogP contribution is -2.68. The highest BCUT2D eigenvalue weighted by atomic mass is 16.5. The molecule has 1 heterocycles. The van der Waals surface area contributed by atoms with E-state index in [1.165, 1.54) is 77.0 Å². The lowest BCUT2D eigenvalue weighted by Gasteiger charge is -2.60. The summed E-state index contributed by atoms with van der Waals surface area (Å²) in [6.45, 7) is 5.38. The number of rotatable bonds is 15. The monoisotopic (exact) mass is 438 g/mol. The number of nitrogens with zero attached hydrogens (tertiary/aromatic N) is 1. The fraction of sp³-hybridized carbons (Fsp3) is 0.643. The van der Waals surface area contributed by atoms with E-state index in [0.29, 0.717) is 0 Å². The third kappa shape index (κ3) is 5.70. The van der Waals surface area contributed by atoms with Gasteiger partial charge in [-0.25, -0.2) is 0 Å². The largest absolute Gasteiger partial charge is 0.367 e. The second kappa shape index (κ2) is 12.3. The molecule has 0 amide bonds. The molecule has 0 aromatic heterocycles. The minimum atomic E-state index is -0.427. The first-order valence-corrected chi connectivity index (χ1v) is 13.0. The van der Waals surface area contributed by atoms with Gasteiger partial charge in [0, 0.05) is 16.8 Å². The van der Waals surface area contributed by atoms with E-state index in [1.54, 1.807) is 0 Å². The third-order valence-corrected chi connectivity index (χ3v) is 7.42. The Morgan fingerprint density at radius 3 is 2.16 bits per heavy atom. The summed E-state index contributed by atoms with van der Waals surface area (Å²) in [6, 6.07) is 10.2. The Balaban J connectivity index is 1.77. The summed E-state index contributed by atoms with van der Waals surface area (Å²) in [4.78, 5) is 0. The van der Waals surface area contributed by atoms with Gasteiger partial charge in [-0.2, -0.15) is 5.53 Å². The van der Waals surface area contributed by atoms with E-state index in [9.17, 15) is 0 Å². The SMILES string of the molecule is CCCCCCCCC1(CCCCCC)COC12C=C(Nc1ccccc1)C=CC2N=[NH2+]. The van der Waals surface area contributed by atoms with E-state index in [0.717, 1.165) is 18.0 Å². The van der Waals surface area contributed by atoms with E-state index in [2.05, 4.69) is 66.8 Å². The Hall–Kier alpha value is -1.94. The first-order valence-electron chi connectivity index (χ1n) is 13.0. The molecule has 2 aliphatic rings. The van der Waals surface area contributed by atoms with Crippen LogP contribution in [0.3, 0.4) is 0 Å². The van der Waals surface area contributed by atoms with Crippen molar-refractivity contribution in [1.29, 1.82) is 0 Å². The van der Waals surface area contributed by atoms with Crippen LogP contribution in [0.25, 0.3) is 0 Å². The average Bonchev–Trinajstić information content (AvgIpc) is 2.82. The highest BCUT2D eigenvalue weighted by molar-refractivity contribution is 5.53. The molecular weight excluding hydrogens is 394 g/mol. The maximum absolute atomic E-state index is 6.46. The van der Waals surface area contributed by atoms with Crippen molar-refractivity contribution < 1.29 is 10.3 Å². The molecule has 4 heteroatoms. The standard InChI is InChI=1S/C28H43N3O/c1-3-5-7-9-10-15-21-27(20-14-8-6-4-2)23-32-28(27)22-25(18-19-26(28)31-29)30-24-16-12-11-13-17-24/h11-13,16-19,22,26,29-30H,3-10,14-15,20-21,23H2,1-2H3/p+1. The fourth-order valence-electron chi connectivity index (χ4n) is 5.46. The van der Waals surface area contributed by atoms with E-state index in [-0.39, 0.29) is 11.5 Å². The Morgan fingerprint density at radius 1 is 0.938 bits per heavy atom. The van der Waals surface area contributed by atoms with E-state index in [1.807, 2.05) is 6.07 Å².